The summed E-state index contributed by atoms with van der Waals surface area (Å²) in [6.45, 7) is 0. The van der Waals surface area contributed by atoms with Crippen LogP contribution in [0.4, 0.5) is 0 Å². The monoisotopic (exact) mass is 1180 g/mol. The number of hydrogen-bond donors (Lipinski definition) is 0. The third-order valence-electron chi connectivity index (χ3n) is 19.6. The summed E-state index contributed by atoms with van der Waals surface area (Å²) in [7, 11) is 0. The second kappa shape index (κ2) is 20.4. The van der Waals surface area contributed by atoms with Crippen LogP contribution >= 0.6 is 0 Å². The van der Waals surface area contributed by atoms with Crippen LogP contribution in [0.25, 0.3) is 101 Å². The van der Waals surface area contributed by atoms with E-state index in [0.29, 0.717) is 41.4 Å². The van der Waals surface area contributed by atoms with Gasteiger partial charge in [0.05, 0.1) is 10.8 Å². The van der Waals surface area contributed by atoms with Gasteiger partial charge in [-0.15, -0.1) is 0 Å². The second-order valence-corrected chi connectivity index (χ2v) is 24.4. The highest BCUT2D eigenvalue weighted by molar-refractivity contribution is 6.05. The van der Waals surface area contributed by atoms with Crippen molar-refractivity contribution in [1.29, 1.82) is 0 Å². The molecule has 6 aliphatic rings. The zero-order valence-electron chi connectivity index (χ0n) is 49.7. The van der Waals surface area contributed by atoms with Gasteiger partial charge in [0, 0.05) is 57.1 Å². The Hall–Kier alpha value is -11.8. The molecule has 432 valence electrons. The van der Waals surface area contributed by atoms with Crippen molar-refractivity contribution in [1.82, 2.24) is 29.9 Å². The van der Waals surface area contributed by atoms with Crippen LogP contribution in [0.1, 0.15) is 63.7 Å². The number of hydrogen-bond acceptors (Lipinski definition) is 9. The van der Waals surface area contributed by atoms with E-state index >= 15 is 0 Å². The summed E-state index contributed by atoms with van der Waals surface area (Å²) in [5.74, 6) is 5.92. The zero-order chi connectivity index (χ0) is 60.5. The maximum atomic E-state index is 7.12. The minimum Gasteiger partial charge on any atom is -0.485 e. The van der Waals surface area contributed by atoms with Gasteiger partial charge in [-0.1, -0.05) is 243 Å². The quantitative estimate of drug-likeness (QED) is 0.155. The molecule has 0 N–H and O–H groups in total. The predicted octanol–water partition coefficient (Wildman–Crippen LogP) is 18.7. The van der Waals surface area contributed by atoms with Gasteiger partial charge < -0.3 is 9.47 Å². The fourth-order valence-electron chi connectivity index (χ4n) is 15.6. The Bertz CT molecular complexity index is 5360. The molecule has 9 heteroatoms. The molecule has 5 heterocycles. The number of rotatable bonds is 7. The lowest BCUT2D eigenvalue weighted by Crippen LogP contribution is -2.42. The Labute approximate surface area is 531 Å². The van der Waals surface area contributed by atoms with Gasteiger partial charge in [-0.3, -0.25) is 4.99 Å². The van der Waals surface area contributed by atoms with Crippen molar-refractivity contribution in [3.8, 4) is 108 Å². The zero-order valence-corrected chi connectivity index (χ0v) is 49.7. The summed E-state index contributed by atoms with van der Waals surface area (Å²) >= 11 is 0. The first-order valence-electron chi connectivity index (χ1n) is 31.5. The maximum absolute atomic E-state index is 7.12. The average molecular weight is 1180 g/mol. The molecule has 2 aromatic heterocycles. The molecule has 9 nitrogen and oxygen atoms in total. The first-order chi connectivity index (χ1) is 45.6. The lowest BCUT2D eigenvalue weighted by Gasteiger charge is -2.45. The van der Waals surface area contributed by atoms with Gasteiger partial charge in [-0.2, -0.15) is 0 Å². The Balaban J connectivity index is 0.733. The van der Waals surface area contributed by atoms with Gasteiger partial charge in [0.1, 0.15) is 29.4 Å². The van der Waals surface area contributed by atoms with Crippen molar-refractivity contribution in [3.05, 3.63) is 329 Å². The van der Waals surface area contributed by atoms with Gasteiger partial charge in [0.15, 0.2) is 34.9 Å². The van der Waals surface area contributed by atoms with Gasteiger partial charge in [-0.25, -0.2) is 29.9 Å². The number of allylic oxidation sites excluding steroid dienone is 3. The second-order valence-electron chi connectivity index (χ2n) is 24.4. The third kappa shape index (κ3) is 7.69. The molecule has 13 aromatic rings. The number of para-hydroxylation sites is 1. The van der Waals surface area contributed by atoms with E-state index in [1.807, 2.05) is 60.8 Å². The van der Waals surface area contributed by atoms with Gasteiger partial charge >= 0.3 is 0 Å². The number of benzene rings is 11. The van der Waals surface area contributed by atoms with Crippen molar-refractivity contribution >= 4 is 17.0 Å². The molecule has 0 radical (unpaired) electrons. The Morgan fingerprint density at radius 1 is 0.326 bits per heavy atom. The summed E-state index contributed by atoms with van der Waals surface area (Å²) in [4.78, 5) is 36.0. The van der Waals surface area contributed by atoms with Crippen LogP contribution in [-0.2, 0) is 10.8 Å². The van der Waals surface area contributed by atoms with Gasteiger partial charge in [0.25, 0.3) is 0 Å². The number of fused-ring (bicyclic) bond motifs is 19. The van der Waals surface area contributed by atoms with E-state index in [0.717, 1.165) is 95.6 Å². The van der Waals surface area contributed by atoms with E-state index < -0.39 is 10.8 Å². The van der Waals surface area contributed by atoms with Gasteiger partial charge in [0.2, 0.25) is 0 Å². The number of ether oxygens (including phenoxy) is 2. The van der Waals surface area contributed by atoms with Crippen molar-refractivity contribution in [3.63, 3.8) is 0 Å². The minimum absolute atomic E-state index is 0.148. The normalized spacial score (nSPS) is 17.7. The molecule has 2 spiro atoms. The maximum Gasteiger partial charge on any atom is 0.164 e. The number of nitrogens with zero attached hydrogens (tertiary/aromatic N) is 7. The predicted molar refractivity (Wildman–Crippen MR) is 364 cm³/mol. The van der Waals surface area contributed by atoms with E-state index in [2.05, 4.69) is 224 Å². The van der Waals surface area contributed by atoms with Crippen molar-refractivity contribution < 1.29 is 9.47 Å². The summed E-state index contributed by atoms with van der Waals surface area (Å²) in [6, 6.07) is 88.4. The Morgan fingerprint density at radius 3 is 1.50 bits per heavy atom. The van der Waals surface area contributed by atoms with E-state index in [1.165, 1.54) is 44.5 Å². The largest absolute Gasteiger partial charge is 0.485 e. The topological polar surface area (TPSA) is 108 Å². The number of aliphatic imine (C=N–C) groups is 1. The highest BCUT2D eigenvalue weighted by atomic mass is 16.5. The Kier molecular flexibility index (Phi) is 11.5. The molecular weight excluding hydrogens is 1130 g/mol. The summed E-state index contributed by atoms with van der Waals surface area (Å²) in [6.07, 6.45) is 13.9. The first-order valence-corrected chi connectivity index (χ1v) is 31.5. The SMILES string of the molecule is C1=CCC2Oc3cc(-c4nc(-c5ccccc5)nc(-c5ccc(-c6ccc7c(c6)-c6ccccc6C76c7ccccc7Oc7cc(-c8nc(-c9ccccc9)nc(C9CC=CC=N9)n8)ccc76)c6ccccc56)n4)ccc3C3(C2=C1)c1ccccc1-c1ccccc13. The average Bonchev–Trinajstić information content (AvgIpc) is 1.48. The fraction of sp³-hybridized carbons (Fsp3) is 0.0723. The van der Waals surface area contributed by atoms with Crippen LogP contribution in [0, 0.1) is 0 Å². The number of aromatic nitrogens is 6. The van der Waals surface area contributed by atoms with Crippen molar-refractivity contribution in [2.75, 3.05) is 0 Å². The van der Waals surface area contributed by atoms with Crippen molar-refractivity contribution in [2.45, 2.75) is 35.8 Å². The van der Waals surface area contributed by atoms with E-state index in [-0.39, 0.29) is 12.1 Å². The molecule has 92 heavy (non-hydrogen) atoms. The van der Waals surface area contributed by atoms with Crippen LogP contribution in [0.3, 0.4) is 0 Å². The molecule has 3 aliphatic carbocycles. The Morgan fingerprint density at radius 2 is 0.815 bits per heavy atom. The molecule has 11 aromatic carbocycles. The standard InChI is InChI=1S/C83H53N7O2/c1-3-21-50(22-4-1)76-85-78(53-39-44-69-74(48-53)91-72-36-17-15-33-67(72)82(69)63-30-12-9-27-58(63)59-28-10-13-31-64(59)82)88-80(87-76)61-42-41-55(56-25-7-8-26-57(56)61)52-38-43-66-62(47-52)60-29-11-14-32-65(60)83(66)68-34-16-18-37-73(68)92-75-49-54(40-45-70(75)83)79-86-77(51-23-5-2-6-24-51)89-81(90-79)71-35-19-20-46-84-71/h1-34,37-49,71-72H,35-36H2. The molecule has 0 saturated heterocycles. The van der Waals surface area contributed by atoms with E-state index in [1.54, 1.807) is 0 Å². The van der Waals surface area contributed by atoms with E-state index in [9.17, 15) is 0 Å². The van der Waals surface area contributed by atoms with Crippen LogP contribution in [0.2, 0.25) is 0 Å². The number of dihydropyridines is 1. The highest BCUT2D eigenvalue weighted by Gasteiger charge is 2.54. The first kappa shape index (κ1) is 52.2. The van der Waals surface area contributed by atoms with Crippen LogP contribution in [0.15, 0.2) is 290 Å². The van der Waals surface area contributed by atoms with Crippen LogP contribution in [-0.4, -0.2) is 42.2 Å². The lowest BCUT2D eigenvalue weighted by atomic mass is 9.63. The van der Waals surface area contributed by atoms with E-state index in [4.69, 9.17) is 44.4 Å². The molecule has 0 fully saturated rings. The smallest absolute Gasteiger partial charge is 0.164 e. The molecule has 19 rings (SSSR count). The molecule has 0 saturated carbocycles. The van der Waals surface area contributed by atoms with Crippen LogP contribution < -0.4 is 9.47 Å². The lowest BCUT2D eigenvalue weighted by molar-refractivity contribution is 0.205. The molecule has 3 aliphatic heterocycles. The highest BCUT2D eigenvalue weighted by Crippen LogP contribution is 2.64. The summed E-state index contributed by atoms with van der Waals surface area (Å²) in [5.41, 5.74) is 19.7. The van der Waals surface area contributed by atoms with Crippen molar-refractivity contribution in [2.24, 2.45) is 4.99 Å². The molecular formula is C83H53N7O2. The van der Waals surface area contributed by atoms with Crippen LogP contribution in [0.5, 0.6) is 17.2 Å². The minimum atomic E-state index is -0.708. The fourth-order valence-corrected chi connectivity index (χ4v) is 15.6. The summed E-state index contributed by atoms with van der Waals surface area (Å²) < 4.78 is 14.1. The molecule has 0 amide bonds. The molecule has 3 atom stereocenters. The summed E-state index contributed by atoms with van der Waals surface area (Å²) in [5, 5.41) is 2.12. The molecule has 0 bridgehead atoms. The molecule has 3 unspecified atom stereocenters. The van der Waals surface area contributed by atoms with Gasteiger partial charge in [-0.05, 0) is 115 Å². The third-order valence-corrected chi connectivity index (χ3v) is 19.6.